The largest absolute Gasteiger partial charge is 0.351 e. The summed E-state index contributed by atoms with van der Waals surface area (Å²) in [6.45, 7) is 7.60. The van der Waals surface area contributed by atoms with Gasteiger partial charge < -0.3 is 15.1 Å². The molecule has 0 aromatic carbocycles. The molecular weight excluding hydrogens is 240 g/mol. The number of nitrogens with zero attached hydrogens (tertiary/aromatic N) is 2. The molecule has 0 saturated carbocycles. The third kappa shape index (κ3) is 3.00. The van der Waals surface area contributed by atoms with Crippen LogP contribution in [0.4, 0.5) is 0 Å². The standard InChI is InChI=1S/C11H17ClN4O/c1-7(2)16-6-10(17)15(4)9(11(16)13)5-14-8(3)12/h5,7,13-14H,3,6H2,1-2,4H3. The van der Waals surface area contributed by atoms with E-state index < -0.39 is 0 Å². The zero-order valence-electron chi connectivity index (χ0n) is 10.2. The van der Waals surface area contributed by atoms with Crippen molar-refractivity contribution in [3.8, 4) is 0 Å². The first-order chi connectivity index (χ1) is 7.84. The number of amidine groups is 1. The molecule has 1 amide bonds. The van der Waals surface area contributed by atoms with Gasteiger partial charge in [-0.25, -0.2) is 0 Å². The maximum absolute atomic E-state index is 11.8. The highest BCUT2D eigenvalue weighted by Crippen LogP contribution is 2.16. The van der Waals surface area contributed by atoms with E-state index in [2.05, 4.69) is 11.9 Å². The number of hydrogen-bond acceptors (Lipinski definition) is 3. The van der Waals surface area contributed by atoms with Gasteiger partial charge in [0.2, 0.25) is 5.91 Å². The summed E-state index contributed by atoms with van der Waals surface area (Å²) >= 11 is 5.59. The molecule has 0 unspecified atom stereocenters. The number of amides is 1. The SMILES string of the molecule is C=C(Cl)NC=C1C(=N)N(C(C)C)CC(=O)N1C. The zero-order valence-corrected chi connectivity index (χ0v) is 11.0. The minimum absolute atomic E-state index is 0.0528. The highest BCUT2D eigenvalue weighted by molar-refractivity contribution is 6.29. The van der Waals surface area contributed by atoms with Gasteiger partial charge in [0.15, 0.2) is 0 Å². The predicted octanol–water partition coefficient (Wildman–Crippen LogP) is 1.29. The molecule has 0 atom stereocenters. The van der Waals surface area contributed by atoms with Gasteiger partial charge in [-0.2, -0.15) is 0 Å². The Morgan fingerprint density at radius 1 is 1.65 bits per heavy atom. The lowest BCUT2D eigenvalue weighted by Gasteiger charge is -2.38. The third-order valence-electron chi connectivity index (χ3n) is 2.56. The Morgan fingerprint density at radius 3 is 2.71 bits per heavy atom. The van der Waals surface area contributed by atoms with Gasteiger partial charge in [0.25, 0.3) is 0 Å². The molecule has 5 nitrogen and oxygen atoms in total. The van der Waals surface area contributed by atoms with E-state index in [-0.39, 0.29) is 23.6 Å². The molecule has 1 saturated heterocycles. The normalized spacial score (nSPS) is 19.2. The number of hydrogen-bond donors (Lipinski definition) is 2. The number of nitrogens with one attached hydrogen (secondary N) is 2. The fourth-order valence-corrected chi connectivity index (χ4v) is 1.58. The minimum Gasteiger partial charge on any atom is -0.351 e. The van der Waals surface area contributed by atoms with Crippen LogP contribution in [-0.2, 0) is 4.79 Å². The second-order valence-electron chi connectivity index (χ2n) is 4.10. The molecule has 2 N–H and O–H groups in total. The first-order valence-corrected chi connectivity index (χ1v) is 5.65. The highest BCUT2D eigenvalue weighted by atomic mass is 35.5. The maximum Gasteiger partial charge on any atom is 0.246 e. The number of halogens is 1. The van der Waals surface area contributed by atoms with E-state index in [1.807, 2.05) is 13.8 Å². The molecule has 1 rings (SSSR count). The monoisotopic (exact) mass is 256 g/mol. The van der Waals surface area contributed by atoms with Gasteiger partial charge in [-0.3, -0.25) is 10.2 Å². The van der Waals surface area contributed by atoms with Crippen molar-refractivity contribution in [1.82, 2.24) is 15.1 Å². The molecule has 1 fully saturated rings. The van der Waals surface area contributed by atoms with Crippen LogP contribution in [0.15, 0.2) is 23.6 Å². The first kappa shape index (κ1) is 13.6. The lowest BCUT2D eigenvalue weighted by Crippen LogP contribution is -2.53. The van der Waals surface area contributed by atoms with Crippen LogP contribution in [-0.4, -0.2) is 41.2 Å². The zero-order chi connectivity index (χ0) is 13.2. The molecule has 0 aromatic rings. The molecule has 17 heavy (non-hydrogen) atoms. The van der Waals surface area contributed by atoms with Crippen molar-refractivity contribution in [2.24, 2.45) is 0 Å². The molecule has 1 aliphatic heterocycles. The predicted molar refractivity (Wildman–Crippen MR) is 68.6 cm³/mol. The summed E-state index contributed by atoms with van der Waals surface area (Å²) in [5.74, 6) is 0.246. The molecule has 6 heteroatoms. The Balaban J connectivity index is 2.99. The van der Waals surface area contributed by atoms with Crippen LogP contribution in [0.5, 0.6) is 0 Å². The van der Waals surface area contributed by atoms with Crippen LogP contribution >= 0.6 is 11.6 Å². The smallest absolute Gasteiger partial charge is 0.246 e. The summed E-state index contributed by atoms with van der Waals surface area (Å²) in [7, 11) is 1.64. The van der Waals surface area contributed by atoms with Crippen molar-refractivity contribution in [1.29, 1.82) is 5.41 Å². The number of carbonyl (C=O) groups is 1. The molecule has 0 aromatic heterocycles. The fraction of sp³-hybridized carbons (Fsp3) is 0.455. The van der Waals surface area contributed by atoms with Crippen LogP contribution in [0.2, 0.25) is 0 Å². The number of carbonyl (C=O) groups excluding carboxylic acids is 1. The number of rotatable bonds is 3. The second-order valence-corrected chi connectivity index (χ2v) is 4.56. The third-order valence-corrected chi connectivity index (χ3v) is 2.67. The summed E-state index contributed by atoms with van der Waals surface area (Å²) in [5.41, 5.74) is 0.483. The molecule has 0 aliphatic carbocycles. The Labute approximate surface area is 106 Å². The average Bonchev–Trinajstić information content (AvgIpc) is 2.22. The van der Waals surface area contributed by atoms with Crippen molar-refractivity contribution >= 4 is 23.3 Å². The van der Waals surface area contributed by atoms with Gasteiger partial charge in [0.05, 0.1) is 11.7 Å². The molecule has 1 heterocycles. The Morgan fingerprint density at radius 2 is 2.24 bits per heavy atom. The Kier molecular flexibility index (Phi) is 4.17. The van der Waals surface area contributed by atoms with Gasteiger partial charge in [0, 0.05) is 19.3 Å². The van der Waals surface area contributed by atoms with Crippen LogP contribution < -0.4 is 5.32 Å². The molecular formula is C11H17ClN4O. The van der Waals surface area contributed by atoms with Gasteiger partial charge in [-0.05, 0) is 13.8 Å². The van der Waals surface area contributed by atoms with Gasteiger partial charge in [0.1, 0.15) is 11.5 Å². The molecule has 0 radical (unpaired) electrons. The Bertz CT molecular complexity index is 389. The van der Waals surface area contributed by atoms with E-state index >= 15 is 0 Å². The van der Waals surface area contributed by atoms with E-state index in [1.54, 1.807) is 11.9 Å². The average molecular weight is 257 g/mol. The number of piperazine rings is 1. The summed E-state index contributed by atoms with van der Waals surface area (Å²) < 4.78 is 0. The second kappa shape index (κ2) is 5.23. The number of likely N-dealkylation sites (N-methyl/N-ethyl adjacent to an activating group) is 1. The van der Waals surface area contributed by atoms with E-state index in [4.69, 9.17) is 17.0 Å². The quantitative estimate of drug-likeness (QED) is 0.748. The fourth-order valence-electron chi connectivity index (χ4n) is 1.52. The van der Waals surface area contributed by atoms with E-state index in [0.29, 0.717) is 11.5 Å². The minimum atomic E-state index is -0.0528. The van der Waals surface area contributed by atoms with Gasteiger partial charge in [-0.15, -0.1) is 0 Å². The lowest BCUT2D eigenvalue weighted by atomic mass is 10.2. The van der Waals surface area contributed by atoms with Crippen LogP contribution in [0.25, 0.3) is 0 Å². The summed E-state index contributed by atoms with van der Waals surface area (Å²) in [6.07, 6.45) is 1.52. The summed E-state index contributed by atoms with van der Waals surface area (Å²) in [6, 6.07) is 0.0998. The topological polar surface area (TPSA) is 59.4 Å². The van der Waals surface area contributed by atoms with Crippen molar-refractivity contribution in [2.45, 2.75) is 19.9 Å². The summed E-state index contributed by atoms with van der Waals surface area (Å²) in [5, 5.41) is 11.0. The molecule has 94 valence electrons. The van der Waals surface area contributed by atoms with Gasteiger partial charge in [-0.1, -0.05) is 18.2 Å². The van der Waals surface area contributed by atoms with E-state index in [0.717, 1.165) is 0 Å². The van der Waals surface area contributed by atoms with E-state index in [1.165, 1.54) is 11.1 Å². The van der Waals surface area contributed by atoms with Crippen molar-refractivity contribution < 1.29 is 4.79 Å². The van der Waals surface area contributed by atoms with Crippen molar-refractivity contribution in [3.05, 3.63) is 23.6 Å². The first-order valence-electron chi connectivity index (χ1n) is 5.27. The van der Waals surface area contributed by atoms with Crippen LogP contribution in [0.3, 0.4) is 0 Å². The van der Waals surface area contributed by atoms with Crippen LogP contribution in [0, 0.1) is 5.41 Å². The Hall–Kier alpha value is -1.49. The molecule has 0 spiro atoms. The lowest BCUT2D eigenvalue weighted by molar-refractivity contribution is -0.129. The highest BCUT2D eigenvalue weighted by Gasteiger charge is 2.31. The molecule has 0 bridgehead atoms. The van der Waals surface area contributed by atoms with Crippen molar-refractivity contribution in [2.75, 3.05) is 13.6 Å². The van der Waals surface area contributed by atoms with Gasteiger partial charge >= 0.3 is 0 Å². The van der Waals surface area contributed by atoms with Crippen molar-refractivity contribution in [3.63, 3.8) is 0 Å². The molecule has 1 aliphatic rings. The van der Waals surface area contributed by atoms with Crippen LogP contribution in [0.1, 0.15) is 13.8 Å². The summed E-state index contributed by atoms with van der Waals surface area (Å²) in [4.78, 5) is 14.9. The maximum atomic E-state index is 11.8. The van der Waals surface area contributed by atoms with E-state index in [9.17, 15) is 4.79 Å².